The highest BCUT2D eigenvalue weighted by Gasteiger charge is 2.09. The van der Waals surface area contributed by atoms with E-state index in [0.29, 0.717) is 12.2 Å². The van der Waals surface area contributed by atoms with Crippen LogP contribution < -0.4 is 5.32 Å². The molecule has 0 aliphatic carbocycles. The first kappa shape index (κ1) is 10.2. The zero-order chi connectivity index (χ0) is 10.6. The normalized spacial score (nSPS) is 9.50. The second-order valence-corrected chi connectivity index (χ2v) is 2.66. The van der Waals surface area contributed by atoms with Crippen molar-refractivity contribution in [2.24, 2.45) is 0 Å². The van der Waals surface area contributed by atoms with E-state index in [1.807, 2.05) is 0 Å². The van der Waals surface area contributed by atoms with Crippen molar-refractivity contribution in [2.45, 2.75) is 0 Å². The minimum atomic E-state index is -1.16. The third kappa shape index (κ3) is 2.32. The van der Waals surface area contributed by atoms with E-state index < -0.39 is 11.8 Å². The van der Waals surface area contributed by atoms with Gasteiger partial charge in [0.05, 0.1) is 5.56 Å². The number of nitrogens with one attached hydrogen (secondary N) is 1. The summed E-state index contributed by atoms with van der Waals surface area (Å²) in [5.41, 5.74) is 0.311. The summed E-state index contributed by atoms with van der Waals surface area (Å²) < 4.78 is 12.7. The van der Waals surface area contributed by atoms with Gasteiger partial charge in [0.2, 0.25) is 0 Å². The molecule has 3 nitrogen and oxygen atoms in total. The highest BCUT2D eigenvalue weighted by Crippen LogP contribution is 2.16. The maximum atomic E-state index is 12.7. The summed E-state index contributed by atoms with van der Waals surface area (Å²) in [6.07, 6.45) is 1.59. The number of carboxylic acid groups (broad SMARTS) is 1. The van der Waals surface area contributed by atoms with Gasteiger partial charge in [-0.1, -0.05) is 6.08 Å². The quantitative estimate of drug-likeness (QED) is 0.723. The van der Waals surface area contributed by atoms with Gasteiger partial charge in [-0.05, 0) is 18.2 Å². The van der Waals surface area contributed by atoms with Gasteiger partial charge in [0.25, 0.3) is 0 Å². The standard InChI is InChI=1S/C10H10FNO2/c1-2-5-12-9-4-3-7(11)6-8(9)10(13)14/h2-4,6,12H,1,5H2,(H,13,14). The van der Waals surface area contributed by atoms with Gasteiger partial charge in [0.1, 0.15) is 5.82 Å². The maximum absolute atomic E-state index is 12.7. The highest BCUT2D eigenvalue weighted by atomic mass is 19.1. The van der Waals surface area contributed by atoms with Crippen molar-refractivity contribution in [1.82, 2.24) is 0 Å². The van der Waals surface area contributed by atoms with E-state index >= 15 is 0 Å². The van der Waals surface area contributed by atoms with Gasteiger partial charge < -0.3 is 10.4 Å². The Hall–Kier alpha value is -1.84. The number of aromatic carboxylic acids is 1. The summed E-state index contributed by atoms with van der Waals surface area (Å²) >= 11 is 0. The number of carboxylic acids is 1. The predicted molar refractivity (Wildman–Crippen MR) is 52.0 cm³/mol. The number of halogens is 1. The summed E-state index contributed by atoms with van der Waals surface area (Å²) in [5, 5.41) is 11.6. The fraction of sp³-hybridized carbons (Fsp3) is 0.100. The lowest BCUT2D eigenvalue weighted by atomic mass is 10.1. The lowest BCUT2D eigenvalue weighted by Gasteiger charge is -2.06. The second-order valence-electron chi connectivity index (χ2n) is 2.66. The second kappa shape index (κ2) is 4.41. The number of hydrogen-bond donors (Lipinski definition) is 2. The molecule has 0 saturated carbocycles. The van der Waals surface area contributed by atoms with E-state index in [4.69, 9.17) is 5.11 Å². The van der Waals surface area contributed by atoms with Crippen LogP contribution in [0, 0.1) is 5.82 Å². The molecule has 2 N–H and O–H groups in total. The average Bonchev–Trinajstić information content (AvgIpc) is 2.15. The maximum Gasteiger partial charge on any atom is 0.337 e. The Morgan fingerprint density at radius 2 is 2.36 bits per heavy atom. The van der Waals surface area contributed by atoms with E-state index in [9.17, 15) is 9.18 Å². The van der Waals surface area contributed by atoms with Crippen LogP contribution in [-0.2, 0) is 0 Å². The Bertz CT molecular complexity index is 363. The Balaban J connectivity index is 3.01. The number of rotatable bonds is 4. The summed E-state index contributed by atoms with van der Waals surface area (Å²) in [4.78, 5) is 10.7. The molecule has 0 heterocycles. The van der Waals surface area contributed by atoms with Gasteiger partial charge in [-0.3, -0.25) is 0 Å². The minimum absolute atomic E-state index is 0.0770. The van der Waals surface area contributed by atoms with Crippen molar-refractivity contribution in [3.8, 4) is 0 Å². The topological polar surface area (TPSA) is 49.3 Å². The molecule has 0 spiro atoms. The van der Waals surface area contributed by atoms with Crippen molar-refractivity contribution in [3.05, 3.63) is 42.2 Å². The zero-order valence-electron chi connectivity index (χ0n) is 7.46. The molecule has 0 amide bonds. The molecule has 0 aromatic heterocycles. The largest absolute Gasteiger partial charge is 0.478 e. The van der Waals surface area contributed by atoms with Crippen molar-refractivity contribution in [1.29, 1.82) is 0 Å². The molecule has 74 valence electrons. The van der Waals surface area contributed by atoms with Gasteiger partial charge in [-0.15, -0.1) is 6.58 Å². The van der Waals surface area contributed by atoms with Crippen molar-refractivity contribution < 1.29 is 14.3 Å². The fourth-order valence-corrected chi connectivity index (χ4v) is 1.03. The van der Waals surface area contributed by atoms with Crippen molar-refractivity contribution >= 4 is 11.7 Å². The van der Waals surface area contributed by atoms with Crippen LogP contribution >= 0.6 is 0 Å². The molecule has 0 unspecified atom stereocenters. The summed E-state index contributed by atoms with van der Waals surface area (Å²) in [5.74, 6) is -1.72. The Morgan fingerprint density at radius 1 is 1.64 bits per heavy atom. The van der Waals surface area contributed by atoms with Gasteiger partial charge in [0, 0.05) is 12.2 Å². The molecule has 0 atom stereocenters. The number of benzene rings is 1. The summed E-state index contributed by atoms with van der Waals surface area (Å²) in [7, 11) is 0. The first-order chi connectivity index (χ1) is 6.65. The SMILES string of the molecule is C=CCNc1ccc(F)cc1C(=O)O. The monoisotopic (exact) mass is 195 g/mol. The molecule has 0 aliphatic heterocycles. The first-order valence-electron chi connectivity index (χ1n) is 4.02. The number of anilines is 1. The van der Waals surface area contributed by atoms with E-state index in [1.165, 1.54) is 12.1 Å². The number of hydrogen-bond acceptors (Lipinski definition) is 2. The predicted octanol–water partition coefficient (Wildman–Crippen LogP) is 2.12. The van der Waals surface area contributed by atoms with E-state index in [2.05, 4.69) is 11.9 Å². The van der Waals surface area contributed by atoms with Crippen LogP contribution in [0.25, 0.3) is 0 Å². The molecule has 4 heteroatoms. The lowest BCUT2D eigenvalue weighted by molar-refractivity contribution is 0.0697. The van der Waals surface area contributed by atoms with Crippen LogP contribution in [0.1, 0.15) is 10.4 Å². The minimum Gasteiger partial charge on any atom is -0.478 e. The summed E-state index contributed by atoms with van der Waals surface area (Å²) in [6, 6.07) is 3.58. The number of carbonyl (C=O) groups is 1. The Labute approximate surface area is 80.9 Å². The third-order valence-corrected chi connectivity index (χ3v) is 1.65. The Kier molecular flexibility index (Phi) is 3.23. The molecule has 0 bridgehead atoms. The Morgan fingerprint density at radius 3 is 2.93 bits per heavy atom. The third-order valence-electron chi connectivity index (χ3n) is 1.65. The molecular formula is C10H10FNO2. The van der Waals surface area contributed by atoms with Crippen LogP contribution in [0.4, 0.5) is 10.1 Å². The smallest absolute Gasteiger partial charge is 0.337 e. The fourth-order valence-electron chi connectivity index (χ4n) is 1.03. The van der Waals surface area contributed by atoms with E-state index in [0.717, 1.165) is 6.07 Å². The summed E-state index contributed by atoms with van der Waals surface area (Å²) in [6.45, 7) is 3.92. The van der Waals surface area contributed by atoms with Gasteiger partial charge in [-0.2, -0.15) is 0 Å². The van der Waals surface area contributed by atoms with E-state index in [-0.39, 0.29) is 5.56 Å². The molecule has 14 heavy (non-hydrogen) atoms. The van der Waals surface area contributed by atoms with Crippen LogP contribution in [0.5, 0.6) is 0 Å². The average molecular weight is 195 g/mol. The van der Waals surface area contributed by atoms with Crippen LogP contribution in [0.3, 0.4) is 0 Å². The zero-order valence-corrected chi connectivity index (χ0v) is 7.46. The highest BCUT2D eigenvalue weighted by molar-refractivity contribution is 5.94. The van der Waals surface area contributed by atoms with Gasteiger partial charge >= 0.3 is 5.97 Å². The molecule has 0 radical (unpaired) electrons. The van der Waals surface area contributed by atoms with Crippen LogP contribution in [0.2, 0.25) is 0 Å². The molecule has 0 fully saturated rings. The van der Waals surface area contributed by atoms with Crippen molar-refractivity contribution in [2.75, 3.05) is 11.9 Å². The molecule has 1 aromatic rings. The van der Waals surface area contributed by atoms with Crippen molar-refractivity contribution in [3.63, 3.8) is 0 Å². The van der Waals surface area contributed by atoms with E-state index in [1.54, 1.807) is 6.08 Å². The van der Waals surface area contributed by atoms with Crippen LogP contribution in [0.15, 0.2) is 30.9 Å². The van der Waals surface area contributed by atoms with Gasteiger partial charge in [-0.25, -0.2) is 9.18 Å². The molecule has 0 saturated heterocycles. The van der Waals surface area contributed by atoms with Gasteiger partial charge in [0.15, 0.2) is 0 Å². The molecule has 1 rings (SSSR count). The first-order valence-corrected chi connectivity index (χ1v) is 4.02. The molecule has 1 aromatic carbocycles. The van der Waals surface area contributed by atoms with Crippen LogP contribution in [-0.4, -0.2) is 17.6 Å². The molecule has 0 aliphatic rings. The molecular weight excluding hydrogens is 185 g/mol. The lowest BCUT2D eigenvalue weighted by Crippen LogP contribution is -2.06.